The average molecular weight is 367 g/mol. The van der Waals surface area contributed by atoms with Crippen molar-refractivity contribution in [1.29, 1.82) is 0 Å². The van der Waals surface area contributed by atoms with Crippen molar-refractivity contribution < 1.29 is 0 Å². The minimum Gasteiger partial charge on any atom is -0.356 e. The van der Waals surface area contributed by atoms with Crippen LogP contribution in [-0.4, -0.2) is 21.5 Å². The van der Waals surface area contributed by atoms with Gasteiger partial charge in [-0.2, -0.15) is 0 Å². The highest BCUT2D eigenvalue weighted by molar-refractivity contribution is 6.31. The fourth-order valence-electron chi connectivity index (χ4n) is 3.84. The monoisotopic (exact) mass is 366 g/mol. The zero-order valence-electron chi connectivity index (χ0n) is 15.6. The molecule has 26 heavy (non-hydrogen) atoms. The Morgan fingerprint density at radius 1 is 1.19 bits per heavy atom. The molecule has 1 aromatic carbocycles. The van der Waals surface area contributed by atoms with E-state index >= 15 is 0 Å². The van der Waals surface area contributed by atoms with Gasteiger partial charge in [0.2, 0.25) is 5.95 Å². The third-order valence-corrected chi connectivity index (χ3v) is 5.09. The number of allylic oxidation sites excluding steroid dienone is 1. The lowest BCUT2D eigenvalue weighted by molar-refractivity contribution is 0.635. The molecule has 0 spiro atoms. The van der Waals surface area contributed by atoms with Gasteiger partial charge < -0.3 is 9.88 Å². The van der Waals surface area contributed by atoms with Crippen LogP contribution in [0.15, 0.2) is 35.9 Å². The maximum atomic E-state index is 6.24. The molecule has 0 amide bonds. The summed E-state index contributed by atoms with van der Waals surface area (Å²) in [5.41, 5.74) is 6.97. The molecule has 0 unspecified atom stereocenters. The van der Waals surface area contributed by atoms with Crippen LogP contribution in [0.3, 0.4) is 0 Å². The first-order valence-electron chi connectivity index (χ1n) is 8.96. The molecule has 1 aliphatic rings. The Balaban J connectivity index is 1.88. The SMILES string of the molecule is CC(C)=C[C@H]1c2[nH]c3ccc(Cl)cc3c2CCN1c1nc(C)cc(C)n1. The van der Waals surface area contributed by atoms with Gasteiger partial charge in [-0.05, 0) is 63.9 Å². The van der Waals surface area contributed by atoms with Crippen LogP contribution in [0.1, 0.15) is 42.5 Å². The average Bonchev–Trinajstić information content (AvgIpc) is 2.92. The maximum Gasteiger partial charge on any atom is 0.226 e. The topological polar surface area (TPSA) is 44.8 Å². The minimum absolute atomic E-state index is 0.0936. The summed E-state index contributed by atoms with van der Waals surface area (Å²) in [4.78, 5) is 15.3. The van der Waals surface area contributed by atoms with Crippen LogP contribution in [-0.2, 0) is 6.42 Å². The van der Waals surface area contributed by atoms with Gasteiger partial charge in [0.15, 0.2) is 0 Å². The molecule has 0 saturated carbocycles. The highest BCUT2D eigenvalue weighted by Crippen LogP contribution is 2.38. The van der Waals surface area contributed by atoms with Crippen LogP contribution in [0.5, 0.6) is 0 Å². The molecule has 0 saturated heterocycles. The first-order chi connectivity index (χ1) is 12.4. The summed E-state index contributed by atoms with van der Waals surface area (Å²) in [6, 6.07) is 8.17. The third-order valence-electron chi connectivity index (χ3n) is 4.85. The number of aryl methyl sites for hydroxylation is 2. The van der Waals surface area contributed by atoms with Gasteiger partial charge in [-0.1, -0.05) is 23.3 Å². The predicted molar refractivity (Wildman–Crippen MR) is 108 cm³/mol. The molecule has 0 bridgehead atoms. The van der Waals surface area contributed by atoms with E-state index in [0.717, 1.165) is 40.8 Å². The number of hydrogen-bond donors (Lipinski definition) is 1. The third kappa shape index (κ3) is 2.99. The number of H-pyrrole nitrogens is 1. The molecule has 134 valence electrons. The Labute approximate surface area is 158 Å². The summed E-state index contributed by atoms with van der Waals surface area (Å²) in [5.74, 6) is 0.798. The molecule has 1 N–H and O–H groups in total. The second-order valence-corrected chi connectivity index (χ2v) is 7.73. The summed E-state index contributed by atoms with van der Waals surface area (Å²) in [7, 11) is 0. The van der Waals surface area contributed by atoms with E-state index in [1.165, 1.54) is 22.2 Å². The molecular formula is C21H23ClN4. The van der Waals surface area contributed by atoms with Crippen LogP contribution in [0.4, 0.5) is 5.95 Å². The van der Waals surface area contributed by atoms with Crippen LogP contribution in [0, 0.1) is 13.8 Å². The summed E-state index contributed by atoms with van der Waals surface area (Å²) >= 11 is 6.24. The molecule has 0 radical (unpaired) electrons. The summed E-state index contributed by atoms with van der Waals surface area (Å²) < 4.78 is 0. The predicted octanol–water partition coefficient (Wildman–Crippen LogP) is 5.30. The van der Waals surface area contributed by atoms with Crippen molar-refractivity contribution in [3.63, 3.8) is 0 Å². The molecule has 4 rings (SSSR count). The Morgan fingerprint density at radius 2 is 1.92 bits per heavy atom. The smallest absolute Gasteiger partial charge is 0.226 e. The Bertz CT molecular complexity index is 994. The van der Waals surface area contributed by atoms with Gasteiger partial charge >= 0.3 is 0 Å². The zero-order chi connectivity index (χ0) is 18.4. The molecule has 2 aromatic heterocycles. The van der Waals surface area contributed by atoms with E-state index in [4.69, 9.17) is 21.6 Å². The number of anilines is 1. The number of aromatic nitrogens is 3. The lowest BCUT2D eigenvalue weighted by Crippen LogP contribution is -2.36. The Kier molecular flexibility index (Phi) is 4.23. The number of rotatable bonds is 2. The minimum atomic E-state index is 0.0936. The molecule has 0 fully saturated rings. The molecule has 4 nitrogen and oxygen atoms in total. The van der Waals surface area contributed by atoms with Crippen molar-refractivity contribution in [1.82, 2.24) is 15.0 Å². The highest BCUT2D eigenvalue weighted by Gasteiger charge is 2.30. The number of nitrogens with zero attached hydrogens (tertiary/aromatic N) is 3. The normalized spacial score (nSPS) is 16.7. The van der Waals surface area contributed by atoms with Crippen LogP contribution in [0.25, 0.3) is 10.9 Å². The number of nitrogens with one attached hydrogen (secondary N) is 1. The van der Waals surface area contributed by atoms with Crippen molar-refractivity contribution in [3.8, 4) is 0 Å². The summed E-state index contributed by atoms with van der Waals surface area (Å²) in [6.07, 6.45) is 3.23. The fourth-order valence-corrected chi connectivity index (χ4v) is 4.01. The Morgan fingerprint density at radius 3 is 2.62 bits per heavy atom. The van der Waals surface area contributed by atoms with Crippen molar-refractivity contribution in [2.45, 2.75) is 40.2 Å². The van der Waals surface area contributed by atoms with Gasteiger partial charge in [0, 0.05) is 39.6 Å². The van der Waals surface area contributed by atoms with E-state index in [2.05, 4.69) is 41.9 Å². The zero-order valence-corrected chi connectivity index (χ0v) is 16.4. The number of benzene rings is 1. The lowest BCUT2D eigenvalue weighted by Gasteiger charge is -2.34. The van der Waals surface area contributed by atoms with Crippen LogP contribution < -0.4 is 4.90 Å². The van der Waals surface area contributed by atoms with Gasteiger partial charge in [0.05, 0.1) is 6.04 Å². The van der Waals surface area contributed by atoms with E-state index in [9.17, 15) is 0 Å². The first kappa shape index (κ1) is 17.1. The van der Waals surface area contributed by atoms with E-state index in [-0.39, 0.29) is 6.04 Å². The van der Waals surface area contributed by atoms with Gasteiger partial charge in [-0.15, -0.1) is 0 Å². The number of aromatic amines is 1. The van der Waals surface area contributed by atoms with Crippen molar-refractivity contribution in [3.05, 3.63) is 63.6 Å². The van der Waals surface area contributed by atoms with E-state index < -0.39 is 0 Å². The molecule has 3 aromatic rings. The highest BCUT2D eigenvalue weighted by atomic mass is 35.5. The standard InChI is InChI=1S/C21H23ClN4/c1-12(2)9-19-20-16(17-11-15(22)5-6-18(17)25-20)7-8-26(19)21-23-13(3)10-14(4)24-21/h5-6,9-11,19,25H,7-8H2,1-4H3/t19-/m0/s1. The van der Waals surface area contributed by atoms with Gasteiger partial charge in [0.1, 0.15) is 0 Å². The Hall–Kier alpha value is -2.33. The van der Waals surface area contributed by atoms with E-state index in [1.807, 2.05) is 26.0 Å². The summed E-state index contributed by atoms with van der Waals surface area (Å²) in [6.45, 7) is 9.19. The first-order valence-corrected chi connectivity index (χ1v) is 9.34. The van der Waals surface area contributed by atoms with Crippen LogP contribution in [0.2, 0.25) is 5.02 Å². The molecule has 5 heteroatoms. The van der Waals surface area contributed by atoms with E-state index in [0.29, 0.717) is 0 Å². The molecule has 3 heterocycles. The fraction of sp³-hybridized carbons (Fsp3) is 0.333. The van der Waals surface area contributed by atoms with Crippen LogP contribution >= 0.6 is 11.6 Å². The van der Waals surface area contributed by atoms with Crippen molar-refractivity contribution in [2.75, 3.05) is 11.4 Å². The van der Waals surface area contributed by atoms with Gasteiger partial charge in [0.25, 0.3) is 0 Å². The summed E-state index contributed by atoms with van der Waals surface area (Å²) in [5, 5.41) is 2.00. The van der Waals surface area contributed by atoms with Gasteiger partial charge in [-0.3, -0.25) is 0 Å². The number of fused-ring (bicyclic) bond motifs is 3. The second-order valence-electron chi connectivity index (χ2n) is 7.29. The quantitative estimate of drug-likeness (QED) is 0.626. The molecule has 1 aliphatic heterocycles. The number of hydrogen-bond acceptors (Lipinski definition) is 3. The van der Waals surface area contributed by atoms with Crippen molar-refractivity contribution in [2.24, 2.45) is 0 Å². The lowest BCUT2D eigenvalue weighted by atomic mass is 9.96. The molecular weight excluding hydrogens is 344 g/mol. The van der Waals surface area contributed by atoms with E-state index in [1.54, 1.807) is 0 Å². The van der Waals surface area contributed by atoms with Gasteiger partial charge in [-0.25, -0.2) is 9.97 Å². The maximum absolute atomic E-state index is 6.24. The molecule has 0 aliphatic carbocycles. The molecule has 1 atom stereocenters. The number of halogens is 1. The van der Waals surface area contributed by atoms with Crippen molar-refractivity contribution >= 4 is 28.5 Å². The second kappa shape index (κ2) is 6.44. The largest absolute Gasteiger partial charge is 0.356 e.